The topological polar surface area (TPSA) is 67.8 Å². The van der Waals surface area contributed by atoms with Crippen LogP contribution < -0.4 is 5.32 Å². The van der Waals surface area contributed by atoms with E-state index in [0.717, 1.165) is 38.6 Å². The molecular weight excluding hydrogens is 258 g/mol. The number of rotatable bonds is 6. The van der Waals surface area contributed by atoms with Crippen LogP contribution >= 0.6 is 0 Å². The molecule has 2 aliphatic rings. The Morgan fingerprint density at radius 2 is 2.05 bits per heavy atom. The summed E-state index contributed by atoms with van der Waals surface area (Å²) in [7, 11) is 0. The zero-order chi connectivity index (χ0) is 14.4. The summed E-state index contributed by atoms with van der Waals surface area (Å²) in [5, 5.41) is 12.5. The fourth-order valence-electron chi connectivity index (χ4n) is 3.15. The zero-order valence-corrected chi connectivity index (χ0v) is 12.3. The van der Waals surface area contributed by atoms with Crippen LogP contribution in [0, 0.1) is 11.8 Å². The lowest BCUT2D eigenvalue weighted by Gasteiger charge is -2.28. The largest absolute Gasteiger partial charge is 0.466 e. The molecule has 20 heavy (non-hydrogen) atoms. The van der Waals surface area contributed by atoms with Crippen molar-refractivity contribution in [3.05, 3.63) is 0 Å². The predicted octanol–water partition coefficient (Wildman–Crippen LogP) is 1.10. The van der Waals surface area contributed by atoms with Gasteiger partial charge in [0.2, 0.25) is 0 Å². The van der Waals surface area contributed by atoms with Crippen molar-refractivity contribution in [3.63, 3.8) is 0 Å². The highest BCUT2D eigenvalue weighted by Crippen LogP contribution is 2.27. The van der Waals surface area contributed by atoms with E-state index in [1.165, 1.54) is 0 Å². The van der Waals surface area contributed by atoms with Crippen LogP contribution in [0.1, 0.15) is 39.0 Å². The van der Waals surface area contributed by atoms with Gasteiger partial charge >= 0.3 is 5.97 Å². The highest BCUT2D eigenvalue weighted by Gasteiger charge is 2.29. The standard InChI is InChI=1S/C15H27NO4/c1-2-19-15(18)12-3-5-14(6-4-12)20-10-13-7-11(9-17)8-16-13/h11-14,16-17H,2-10H2,1H3/t11-,12-,13-,14-/m0/s1. The van der Waals surface area contributed by atoms with Crippen molar-refractivity contribution in [1.82, 2.24) is 5.32 Å². The van der Waals surface area contributed by atoms with E-state index in [4.69, 9.17) is 14.6 Å². The van der Waals surface area contributed by atoms with E-state index in [0.29, 0.717) is 25.2 Å². The molecule has 0 aromatic heterocycles. The smallest absolute Gasteiger partial charge is 0.308 e. The Labute approximate surface area is 121 Å². The van der Waals surface area contributed by atoms with Crippen molar-refractivity contribution in [2.45, 2.75) is 51.2 Å². The highest BCUT2D eigenvalue weighted by molar-refractivity contribution is 5.72. The molecule has 1 saturated heterocycles. The molecule has 0 radical (unpaired) electrons. The lowest BCUT2D eigenvalue weighted by atomic mass is 9.87. The molecule has 116 valence electrons. The fourth-order valence-corrected chi connectivity index (χ4v) is 3.15. The average Bonchev–Trinajstić information content (AvgIpc) is 2.94. The average molecular weight is 285 g/mol. The van der Waals surface area contributed by atoms with E-state index >= 15 is 0 Å². The monoisotopic (exact) mass is 285 g/mol. The van der Waals surface area contributed by atoms with Gasteiger partial charge in [0, 0.05) is 19.2 Å². The molecule has 2 N–H and O–H groups in total. The van der Waals surface area contributed by atoms with Gasteiger partial charge in [0.05, 0.1) is 25.2 Å². The molecule has 0 spiro atoms. The Morgan fingerprint density at radius 3 is 2.65 bits per heavy atom. The van der Waals surface area contributed by atoms with E-state index in [-0.39, 0.29) is 24.6 Å². The normalized spacial score (nSPS) is 34.1. The first kappa shape index (κ1) is 15.7. The molecule has 0 aromatic rings. The molecule has 0 aromatic carbocycles. The molecular formula is C15H27NO4. The number of carbonyl (C=O) groups excluding carboxylic acids is 1. The van der Waals surface area contributed by atoms with Gasteiger partial charge in [-0.25, -0.2) is 0 Å². The number of aliphatic hydroxyl groups is 1. The number of ether oxygens (including phenoxy) is 2. The first-order chi connectivity index (χ1) is 9.72. The second-order valence-electron chi connectivity index (χ2n) is 5.95. The second-order valence-corrected chi connectivity index (χ2v) is 5.95. The first-order valence-electron chi connectivity index (χ1n) is 7.85. The SMILES string of the molecule is CCOC(=O)[C@H]1CC[C@H](OC[C@@H]2C[C@H](CO)CN2)CC1. The van der Waals surface area contributed by atoms with Crippen LogP contribution in [-0.2, 0) is 14.3 Å². The van der Waals surface area contributed by atoms with Crippen LogP contribution in [0.5, 0.6) is 0 Å². The van der Waals surface area contributed by atoms with Crippen LogP contribution in [0.3, 0.4) is 0 Å². The summed E-state index contributed by atoms with van der Waals surface area (Å²) in [6, 6.07) is 0.370. The van der Waals surface area contributed by atoms with Gasteiger partial charge in [-0.3, -0.25) is 4.79 Å². The zero-order valence-electron chi connectivity index (χ0n) is 12.3. The van der Waals surface area contributed by atoms with Crippen molar-refractivity contribution in [3.8, 4) is 0 Å². The van der Waals surface area contributed by atoms with Crippen molar-refractivity contribution >= 4 is 5.97 Å². The molecule has 0 unspecified atom stereocenters. The Kier molecular flexibility index (Phi) is 6.26. The molecule has 1 aliphatic carbocycles. The van der Waals surface area contributed by atoms with E-state index in [1.807, 2.05) is 6.92 Å². The van der Waals surface area contributed by atoms with Crippen molar-refractivity contribution in [1.29, 1.82) is 0 Å². The number of hydrogen-bond donors (Lipinski definition) is 2. The van der Waals surface area contributed by atoms with E-state index in [2.05, 4.69) is 5.32 Å². The molecule has 2 atom stereocenters. The molecule has 2 fully saturated rings. The van der Waals surface area contributed by atoms with Crippen LogP contribution in [0.2, 0.25) is 0 Å². The molecule has 1 heterocycles. The molecule has 1 saturated carbocycles. The lowest BCUT2D eigenvalue weighted by Crippen LogP contribution is -2.32. The van der Waals surface area contributed by atoms with Gasteiger partial charge in [-0.05, 0) is 44.9 Å². The summed E-state index contributed by atoms with van der Waals surface area (Å²) in [5.74, 6) is 0.399. The minimum absolute atomic E-state index is 0.0470. The minimum atomic E-state index is -0.0470. The van der Waals surface area contributed by atoms with Crippen LogP contribution in [0.4, 0.5) is 0 Å². The summed E-state index contributed by atoms with van der Waals surface area (Å²) in [4.78, 5) is 11.6. The Morgan fingerprint density at radius 1 is 1.30 bits per heavy atom. The fraction of sp³-hybridized carbons (Fsp3) is 0.933. The maximum atomic E-state index is 11.6. The summed E-state index contributed by atoms with van der Waals surface area (Å²) in [5.41, 5.74) is 0. The van der Waals surface area contributed by atoms with Gasteiger partial charge in [0.25, 0.3) is 0 Å². The first-order valence-corrected chi connectivity index (χ1v) is 7.85. The second kappa shape index (κ2) is 7.96. The third-order valence-electron chi connectivity index (χ3n) is 4.40. The van der Waals surface area contributed by atoms with Crippen LogP contribution in [-0.4, -0.2) is 49.6 Å². The summed E-state index contributed by atoms with van der Waals surface area (Å²) < 4.78 is 11.0. The molecule has 5 heteroatoms. The van der Waals surface area contributed by atoms with Crippen molar-refractivity contribution < 1.29 is 19.4 Å². The van der Waals surface area contributed by atoms with Gasteiger partial charge in [-0.1, -0.05) is 0 Å². The summed E-state index contributed by atoms with van der Waals surface area (Å²) >= 11 is 0. The lowest BCUT2D eigenvalue weighted by molar-refractivity contribution is -0.150. The molecule has 2 rings (SSSR count). The maximum absolute atomic E-state index is 11.6. The summed E-state index contributed by atoms with van der Waals surface area (Å²) in [6.07, 6.45) is 4.91. The van der Waals surface area contributed by atoms with Gasteiger partial charge in [0.1, 0.15) is 0 Å². The van der Waals surface area contributed by atoms with E-state index in [1.54, 1.807) is 0 Å². The van der Waals surface area contributed by atoms with E-state index < -0.39 is 0 Å². The van der Waals surface area contributed by atoms with Gasteiger partial charge in [-0.2, -0.15) is 0 Å². The molecule has 5 nitrogen and oxygen atoms in total. The Balaban J connectivity index is 1.61. The van der Waals surface area contributed by atoms with Crippen molar-refractivity contribution in [2.75, 3.05) is 26.4 Å². The van der Waals surface area contributed by atoms with Gasteiger partial charge in [0.15, 0.2) is 0 Å². The minimum Gasteiger partial charge on any atom is -0.466 e. The summed E-state index contributed by atoms with van der Waals surface area (Å²) in [6.45, 7) is 4.18. The maximum Gasteiger partial charge on any atom is 0.308 e. The molecule has 0 bridgehead atoms. The Bertz CT molecular complexity index is 302. The Hall–Kier alpha value is -0.650. The number of hydrogen-bond acceptors (Lipinski definition) is 5. The number of esters is 1. The van der Waals surface area contributed by atoms with Crippen LogP contribution in [0.15, 0.2) is 0 Å². The molecule has 0 amide bonds. The predicted molar refractivity (Wildman–Crippen MR) is 75.3 cm³/mol. The number of aliphatic hydroxyl groups excluding tert-OH is 1. The van der Waals surface area contributed by atoms with Gasteiger partial charge < -0.3 is 19.9 Å². The van der Waals surface area contributed by atoms with Gasteiger partial charge in [-0.15, -0.1) is 0 Å². The highest BCUT2D eigenvalue weighted by atomic mass is 16.5. The molecule has 1 aliphatic heterocycles. The third-order valence-corrected chi connectivity index (χ3v) is 4.40. The third kappa shape index (κ3) is 4.43. The van der Waals surface area contributed by atoms with Crippen LogP contribution in [0.25, 0.3) is 0 Å². The van der Waals surface area contributed by atoms with Crippen molar-refractivity contribution in [2.24, 2.45) is 11.8 Å². The number of carbonyl (C=O) groups is 1. The van der Waals surface area contributed by atoms with E-state index in [9.17, 15) is 4.79 Å². The quantitative estimate of drug-likeness (QED) is 0.715. The number of nitrogens with one attached hydrogen (secondary N) is 1.